The number of fused-ring (bicyclic) bond motifs is 1. The molecule has 1 aliphatic rings. The van der Waals surface area contributed by atoms with Crippen LogP contribution in [0.4, 0.5) is 5.69 Å². The monoisotopic (exact) mass is 431 g/mol. The molecule has 1 aliphatic heterocycles. The Morgan fingerprint density at radius 3 is 2.38 bits per heavy atom. The minimum absolute atomic E-state index is 0.305. The summed E-state index contributed by atoms with van der Waals surface area (Å²) in [5.74, 6) is 0.461. The molecule has 0 radical (unpaired) electrons. The lowest BCUT2D eigenvalue weighted by atomic mass is 10.0. The highest BCUT2D eigenvalue weighted by molar-refractivity contribution is 6.04. The van der Waals surface area contributed by atoms with E-state index < -0.39 is 12.1 Å². The van der Waals surface area contributed by atoms with Crippen LogP contribution >= 0.6 is 0 Å². The Morgan fingerprint density at radius 1 is 0.938 bits per heavy atom. The molecule has 7 heteroatoms. The molecule has 2 amide bonds. The molecule has 32 heavy (non-hydrogen) atoms. The molecule has 3 aromatic carbocycles. The second kappa shape index (κ2) is 9.43. The predicted octanol–water partition coefficient (Wildman–Crippen LogP) is 4.40. The average Bonchev–Trinajstić information content (AvgIpc) is 2.82. The minimum Gasteiger partial charge on any atom is -0.494 e. The van der Waals surface area contributed by atoms with Gasteiger partial charge in [-0.05, 0) is 55.8 Å². The molecule has 3 aromatic rings. The summed E-state index contributed by atoms with van der Waals surface area (Å²) < 4.78 is 11.1. The van der Waals surface area contributed by atoms with Crippen molar-refractivity contribution in [1.29, 1.82) is 0 Å². The van der Waals surface area contributed by atoms with E-state index in [0.29, 0.717) is 35.8 Å². The summed E-state index contributed by atoms with van der Waals surface area (Å²) in [5, 5.41) is 4.68. The topological polar surface area (TPSA) is 79.9 Å². The Bertz CT molecular complexity index is 1110. The highest BCUT2D eigenvalue weighted by atomic mass is 16.5. The van der Waals surface area contributed by atoms with Gasteiger partial charge in [-0.2, -0.15) is 0 Å². The van der Waals surface area contributed by atoms with Gasteiger partial charge in [-0.15, -0.1) is 0 Å². The molecule has 0 aromatic heterocycles. The fraction of sp³-hybridized carbons (Fsp3) is 0.200. The minimum atomic E-state index is -0.601. The van der Waals surface area contributed by atoms with Gasteiger partial charge in [0, 0.05) is 5.69 Å². The van der Waals surface area contributed by atoms with Crippen LogP contribution < -0.4 is 20.2 Å². The number of hydrogen-bond acceptors (Lipinski definition) is 5. The molecule has 0 unspecified atom stereocenters. The lowest BCUT2D eigenvalue weighted by Gasteiger charge is -2.37. The third-order valence-electron chi connectivity index (χ3n) is 5.09. The molecule has 164 valence electrons. The molecule has 0 saturated carbocycles. The summed E-state index contributed by atoms with van der Waals surface area (Å²) in [7, 11) is 0. The number of nitrogens with zero attached hydrogens (tertiary/aromatic N) is 1. The molecule has 0 bridgehead atoms. The van der Waals surface area contributed by atoms with Crippen LogP contribution in [-0.4, -0.2) is 30.0 Å². The van der Waals surface area contributed by atoms with Crippen LogP contribution in [0.1, 0.15) is 46.3 Å². The molecule has 0 saturated heterocycles. The molecule has 2 N–H and O–H groups in total. The van der Waals surface area contributed by atoms with Crippen LogP contribution in [-0.2, 0) is 0 Å². The number of carbonyl (C=O) groups excluding carboxylic acids is 2. The van der Waals surface area contributed by atoms with E-state index in [1.807, 2.05) is 50.2 Å². The standard InChI is InChI=1S/C25H25N3O4/c1-3-31-18-15-13-17(14-16-18)23-26-21-11-7-5-9-19(21)25(30)28(23)27-24(29)20-10-6-8-12-22(20)32-4-2/h5-16,23,26H,3-4H2,1-2H3,(H,27,29)/t23-/m1/s1. The second-order valence-electron chi connectivity index (χ2n) is 7.14. The van der Waals surface area contributed by atoms with Gasteiger partial charge in [0.15, 0.2) is 0 Å². The number of nitrogens with one attached hydrogen (secondary N) is 2. The quantitative estimate of drug-likeness (QED) is 0.580. The molecule has 0 spiro atoms. The van der Waals surface area contributed by atoms with Crippen molar-refractivity contribution in [2.45, 2.75) is 20.0 Å². The molecule has 1 atom stereocenters. The van der Waals surface area contributed by atoms with E-state index in [-0.39, 0.29) is 5.91 Å². The SMILES string of the molecule is CCOc1ccc([C@@H]2Nc3ccccc3C(=O)N2NC(=O)c2ccccc2OCC)cc1. The maximum Gasteiger partial charge on any atom is 0.276 e. The predicted molar refractivity (Wildman–Crippen MR) is 122 cm³/mol. The first kappa shape index (κ1) is 21.2. The van der Waals surface area contributed by atoms with Gasteiger partial charge in [-0.3, -0.25) is 15.0 Å². The highest BCUT2D eigenvalue weighted by Gasteiger charge is 2.34. The number of hydrogen-bond donors (Lipinski definition) is 2. The van der Waals surface area contributed by atoms with Crippen molar-refractivity contribution in [2.24, 2.45) is 0 Å². The molecule has 0 aliphatic carbocycles. The molecule has 7 nitrogen and oxygen atoms in total. The van der Waals surface area contributed by atoms with Gasteiger partial charge in [-0.25, -0.2) is 5.01 Å². The maximum absolute atomic E-state index is 13.4. The van der Waals surface area contributed by atoms with E-state index in [1.165, 1.54) is 5.01 Å². The zero-order valence-electron chi connectivity index (χ0n) is 18.0. The lowest BCUT2D eigenvalue weighted by molar-refractivity contribution is 0.0489. The third kappa shape index (κ3) is 4.23. The first-order valence-corrected chi connectivity index (χ1v) is 10.6. The summed E-state index contributed by atoms with van der Waals surface area (Å²) in [5.41, 5.74) is 5.12. The maximum atomic E-state index is 13.4. The van der Waals surface area contributed by atoms with Gasteiger partial charge < -0.3 is 14.8 Å². The van der Waals surface area contributed by atoms with Gasteiger partial charge in [0.25, 0.3) is 11.8 Å². The van der Waals surface area contributed by atoms with Crippen molar-refractivity contribution in [2.75, 3.05) is 18.5 Å². The van der Waals surface area contributed by atoms with Gasteiger partial charge in [0.05, 0.1) is 24.3 Å². The summed E-state index contributed by atoms with van der Waals surface area (Å²) in [6, 6.07) is 21.6. The highest BCUT2D eigenvalue weighted by Crippen LogP contribution is 2.33. The number of hydrazine groups is 1. The Morgan fingerprint density at radius 2 is 1.62 bits per heavy atom. The van der Waals surface area contributed by atoms with E-state index in [4.69, 9.17) is 9.47 Å². The smallest absolute Gasteiger partial charge is 0.276 e. The van der Waals surface area contributed by atoms with E-state index in [1.54, 1.807) is 36.4 Å². The molecule has 4 rings (SSSR count). The van der Waals surface area contributed by atoms with Crippen molar-refractivity contribution in [3.05, 3.63) is 89.5 Å². The first-order valence-electron chi connectivity index (χ1n) is 10.6. The lowest BCUT2D eigenvalue weighted by Crippen LogP contribution is -2.52. The van der Waals surface area contributed by atoms with E-state index in [2.05, 4.69) is 10.7 Å². The molecular formula is C25H25N3O4. The normalized spacial score (nSPS) is 14.9. The van der Waals surface area contributed by atoms with Crippen LogP contribution in [0, 0.1) is 0 Å². The number of amides is 2. The Kier molecular flexibility index (Phi) is 6.26. The summed E-state index contributed by atoms with van der Waals surface area (Å²) in [6.07, 6.45) is -0.601. The van der Waals surface area contributed by atoms with E-state index >= 15 is 0 Å². The second-order valence-corrected chi connectivity index (χ2v) is 7.14. The summed E-state index contributed by atoms with van der Waals surface area (Å²) >= 11 is 0. The number of para-hydroxylation sites is 2. The summed E-state index contributed by atoms with van der Waals surface area (Å²) in [4.78, 5) is 26.5. The van der Waals surface area contributed by atoms with Gasteiger partial charge in [-0.1, -0.05) is 36.4 Å². The third-order valence-corrected chi connectivity index (χ3v) is 5.09. The number of anilines is 1. The number of benzene rings is 3. The fourth-order valence-electron chi connectivity index (χ4n) is 3.62. The van der Waals surface area contributed by atoms with Crippen molar-refractivity contribution < 1.29 is 19.1 Å². The van der Waals surface area contributed by atoms with Crippen molar-refractivity contribution in [3.8, 4) is 11.5 Å². The zero-order valence-corrected chi connectivity index (χ0v) is 18.0. The van der Waals surface area contributed by atoms with Gasteiger partial charge in [0.2, 0.25) is 0 Å². The van der Waals surface area contributed by atoms with Crippen LogP contribution in [0.25, 0.3) is 0 Å². The van der Waals surface area contributed by atoms with Gasteiger partial charge in [0.1, 0.15) is 17.7 Å². The van der Waals surface area contributed by atoms with E-state index in [9.17, 15) is 9.59 Å². The fourth-order valence-corrected chi connectivity index (χ4v) is 3.62. The Balaban J connectivity index is 1.68. The van der Waals surface area contributed by atoms with Crippen molar-refractivity contribution in [1.82, 2.24) is 10.4 Å². The zero-order chi connectivity index (χ0) is 22.5. The molecule has 1 heterocycles. The molecular weight excluding hydrogens is 406 g/mol. The number of ether oxygens (including phenoxy) is 2. The average molecular weight is 431 g/mol. The van der Waals surface area contributed by atoms with Crippen molar-refractivity contribution in [3.63, 3.8) is 0 Å². The Hall–Kier alpha value is -4.00. The van der Waals surface area contributed by atoms with Crippen LogP contribution in [0.3, 0.4) is 0 Å². The Labute approximate surface area is 186 Å². The summed E-state index contributed by atoms with van der Waals surface area (Å²) in [6.45, 7) is 4.76. The molecule has 0 fully saturated rings. The van der Waals surface area contributed by atoms with Gasteiger partial charge >= 0.3 is 0 Å². The number of carbonyl (C=O) groups is 2. The largest absolute Gasteiger partial charge is 0.494 e. The van der Waals surface area contributed by atoms with E-state index in [0.717, 1.165) is 11.3 Å². The first-order chi connectivity index (χ1) is 15.6. The van der Waals surface area contributed by atoms with Crippen LogP contribution in [0.2, 0.25) is 0 Å². The van der Waals surface area contributed by atoms with Crippen LogP contribution in [0.5, 0.6) is 11.5 Å². The number of rotatable bonds is 7. The van der Waals surface area contributed by atoms with Crippen molar-refractivity contribution >= 4 is 17.5 Å². The van der Waals surface area contributed by atoms with Crippen LogP contribution in [0.15, 0.2) is 72.8 Å².